The maximum absolute atomic E-state index is 5.44. The van der Waals surface area contributed by atoms with Gasteiger partial charge in [0.15, 0.2) is 11.5 Å². The van der Waals surface area contributed by atoms with Gasteiger partial charge in [0.05, 0.1) is 6.20 Å². The lowest BCUT2D eigenvalue weighted by Gasteiger charge is -2.06. The van der Waals surface area contributed by atoms with Crippen molar-refractivity contribution < 1.29 is 9.47 Å². The van der Waals surface area contributed by atoms with Gasteiger partial charge in [0.2, 0.25) is 6.79 Å². The highest BCUT2D eigenvalue weighted by Crippen LogP contribution is 2.35. The Morgan fingerprint density at radius 2 is 2.29 bits per heavy atom. The van der Waals surface area contributed by atoms with E-state index in [9.17, 15) is 0 Å². The van der Waals surface area contributed by atoms with Gasteiger partial charge < -0.3 is 14.8 Å². The molecule has 17 heavy (non-hydrogen) atoms. The number of fused-ring (bicyclic) bond motifs is 1. The molecule has 0 bridgehead atoms. The molecule has 5 heteroatoms. The smallest absolute Gasteiger partial charge is 0.231 e. The Balaban J connectivity index is 1.64. The molecule has 5 nitrogen and oxygen atoms in total. The standard InChI is InChI=1S/C12H13N3O2/c1-2-10(12-11(3-1)16-8-17-12)7-13-4-9-5-14-15-6-9/h1-3,5-6,13H,4,7-8H2,(H,14,15). The van der Waals surface area contributed by atoms with Crippen LogP contribution in [0.3, 0.4) is 0 Å². The van der Waals surface area contributed by atoms with E-state index in [1.54, 1.807) is 0 Å². The number of nitrogens with one attached hydrogen (secondary N) is 2. The quantitative estimate of drug-likeness (QED) is 0.835. The van der Waals surface area contributed by atoms with E-state index in [2.05, 4.69) is 15.5 Å². The molecule has 2 aromatic rings. The first-order chi connectivity index (χ1) is 8.43. The van der Waals surface area contributed by atoms with Crippen LogP contribution in [0.15, 0.2) is 30.6 Å². The van der Waals surface area contributed by atoms with Gasteiger partial charge in [-0.2, -0.15) is 5.10 Å². The zero-order valence-corrected chi connectivity index (χ0v) is 9.27. The SMILES string of the molecule is c1cc(CNCc2cn[nH]c2)c2c(c1)OCO2. The lowest BCUT2D eigenvalue weighted by molar-refractivity contribution is 0.173. The van der Waals surface area contributed by atoms with Crippen molar-refractivity contribution in [2.45, 2.75) is 13.1 Å². The third-order valence-corrected chi connectivity index (χ3v) is 2.68. The Labute approximate surface area is 98.8 Å². The molecule has 1 aliphatic rings. The van der Waals surface area contributed by atoms with Crippen molar-refractivity contribution in [3.63, 3.8) is 0 Å². The number of benzene rings is 1. The second kappa shape index (κ2) is 4.47. The largest absolute Gasteiger partial charge is 0.454 e. The van der Waals surface area contributed by atoms with E-state index in [1.807, 2.05) is 30.6 Å². The molecular formula is C12H13N3O2. The van der Waals surface area contributed by atoms with Crippen LogP contribution in [0.2, 0.25) is 0 Å². The Morgan fingerprint density at radius 3 is 3.18 bits per heavy atom. The van der Waals surface area contributed by atoms with Gasteiger partial charge in [0, 0.05) is 30.4 Å². The van der Waals surface area contributed by atoms with E-state index < -0.39 is 0 Å². The summed E-state index contributed by atoms with van der Waals surface area (Å²) in [6.07, 6.45) is 3.68. The Hall–Kier alpha value is -2.01. The van der Waals surface area contributed by atoms with Crippen molar-refractivity contribution >= 4 is 0 Å². The number of para-hydroxylation sites is 1. The number of hydrogen-bond donors (Lipinski definition) is 2. The second-order valence-corrected chi connectivity index (χ2v) is 3.86. The molecule has 3 rings (SSSR count). The summed E-state index contributed by atoms with van der Waals surface area (Å²) >= 11 is 0. The Morgan fingerprint density at radius 1 is 1.29 bits per heavy atom. The second-order valence-electron chi connectivity index (χ2n) is 3.86. The van der Waals surface area contributed by atoms with Gasteiger partial charge in [-0.25, -0.2) is 0 Å². The monoisotopic (exact) mass is 231 g/mol. The van der Waals surface area contributed by atoms with Crippen LogP contribution in [-0.4, -0.2) is 17.0 Å². The van der Waals surface area contributed by atoms with Gasteiger partial charge >= 0.3 is 0 Å². The third kappa shape index (κ3) is 2.09. The van der Waals surface area contributed by atoms with Crippen LogP contribution in [0.5, 0.6) is 11.5 Å². The number of rotatable bonds is 4. The average molecular weight is 231 g/mol. The van der Waals surface area contributed by atoms with Crippen LogP contribution in [0.1, 0.15) is 11.1 Å². The van der Waals surface area contributed by atoms with Gasteiger partial charge in [-0.1, -0.05) is 12.1 Å². The van der Waals surface area contributed by atoms with Crippen molar-refractivity contribution in [3.8, 4) is 11.5 Å². The predicted molar refractivity (Wildman–Crippen MR) is 61.7 cm³/mol. The fraction of sp³-hybridized carbons (Fsp3) is 0.250. The van der Waals surface area contributed by atoms with E-state index in [1.165, 1.54) is 0 Å². The summed E-state index contributed by atoms with van der Waals surface area (Å²) in [5.74, 6) is 1.68. The van der Waals surface area contributed by atoms with Gasteiger partial charge in [-0.05, 0) is 6.07 Å². The molecule has 88 valence electrons. The molecule has 2 heterocycles. The molecule has 0 saturated carbocycles. The molecule has 0 fully saturated rings. The fourth-order valence-electron chi connectivity index (χ4n) is 1.85. The highest BCUT2D eigenvalue weighted by Gasteiger charge is 2.16. The van der Waals surface area contributed by atoms with E-state index in [0.717, 1.165) is 35.7 Å². The topological polar surface area (TPSA) is 59.2 Å². The zero-order chi connectivity index (χ0) is 11.5. The maximum atomic E-state index is 5.44. The summed E-state index contributed by atoms with van der Waals surface area (Å²) in [4.78, 5) is 0. The average Bonchev–Trinajstić information content (AvgIpc) is 2.99. The molecule has 0 aliphatic carbocycles. The van der Waals surface area contributed by atoms with Crippen LogP contribution in [0.25, 0.3) is 0 Å². The number of nitrogens with zero attached hydrogens (tertiary/aromatic N) is 1. The van der Waals surface area contributed by atoms with Crippen LogP contribution in [0, 0.1) is 0 Å². The lowest BCUT2D eigenvalue weighted by Crippen LogP contribution is -2.12. The number of ether oxygens (including phenoxy) is 2. The molecule has 2 N–H and O–H groups in total. The van der Waals surface area contributed by atoms with E-state index >= 15 is 0 Å². The minimum atomic E-state index is 0.314. The number of aromatic nitrogens is 2. The summed E-state index contributed by atoms with van der Waals surface area (Å²) in [7, 11) is 0. The van der Waals surface area contributed by atoms with Gasteiger partial charge in [-0.3, -0.25) is 5.10 Å². The van der Waals surface area contributed by atoms with Gasteiger partial charge in [-0.15, -0.1) is 0 Å². The Bertz CT molecular complexity index is 496. The summed E-state index contributed by atoms with van der Waals surface area (Å²) in [5, 5.41) is 10.0. The molecule has 0 atom stereocenters. The normalized spacial score (nSPS) is 12.9. The molecule has 1 aromatic carbocycles. The van der Waals surface area contributed by atoms with Crippen LogP contribution < -0.4 is 14.8 Å². The number of hydrogen-bond acceptors (Lipinski definition) is 4. The van der Waals surface area contributed by atoms with Crippen LogP contribution >= 0.6 is 0 Å². The number of aromatic amines is 1. The first-order valence-corrected chi connectivity index (χ1v) is 5.49. The molecule has 0 amide bonds. The lowest BCUT2D eigenvalue weighted by atomic mass is 10.2. The summed E-state index contributed by atoms with van der Waals surface area (Å²) in [6.45, 7) is 1.84. The minimum Gasteiger partial charge on any atom is -0.454 e. The molecular weight excluding hydrogens is 218 g/mol. The van der Waals surface area contributed by atoms with Gasteiger partial charge in [0.25, 0.3) is 0 Å². The first-order valence-electron chi connectivity index (χ1n) is 5.49. The number of H-pyrrole nitrogens is 1. The first kappa shape index (κ1) is 10.2. The maximum Gasteiger partial charge on any atom is 0.231 e. The van der Waals surface area contributed by atoms with Crippen molar-refractivity contribution in [2.24, 2.45) is 0 Å². The van der Waals surface area contributed by atoms with Crippen molar-refractivity contribution in [3.05, 3.63) is 41.7 Å². The molecule has 0 radical (unpaired) electrons. The molecule has 0 unspecified atom stereocenters. The highest BCUT2D eigenvalue weighted by atomic mass is 16.7. The highest BCUT2D eigenvalue weighted by molar-refractivity contribution is 5.48. The summed E-state index contributed by atoms with van der Waals surface area (Å²) < 4.78 is 10.8. The Kier molecular flexibility index (Phi) is 2.67. The molecule has 0 saturated heterocycles. The third-order valence-electron chi connectivity index (χ3n) is 2.68. The van der Waals surface area contributed by atoms with Crippen LogP contribution in [-0.2, 0) is 13.1 Å². The molecule has 1 aliphatic heterocycles. The predicted octanol–water partition coefficient (Wildman–Crippen LogP) is 1.43. The van der Waals surface area contributed by atoms with Crippen molar-refractivity contribution in [1.82, 2.24) is 15.5 Å². The van der Waals surface area contributed by atoms with E-state index in [-0.39, 0.29) is 0 Å². The fourth-order valence-corrected chi connectivity index (χ4v) is 1.85. The van der Waals surface area contributed by atoms with Crippen LogP contribution in [0.4, 0.5) is 0 Å². The van der Waals surface area contributed by atoms with Gasteiger partial charge in [0.1, 0.15) is 0 Å². The van der Waals surface area contributed by atoms with Crippen molar-refractivity contribution in [2.75, 3.05) is 6.79 Å². The summed E-state index contributed by atoms with van der Waals surface area (Å²) in [6, 6.07) is 5.93. The minimum absolute atomic E-state index is 0.314. The molecule has 1 aromatic heterocycles. The summed E-state index contributed by atoms with van der Waals surface area (Å²) in [5.41, 5.74) is 2.25. The van der Waals surface area contributed by atoms with E-state index in [0.29, 0.717) is 6.79 Å². The molecule has 0 spiro atoms. The van der Waals surface area contributed by atoms with E-state index in [4.69, 9.17) is 9.47 Å². The van der Waals surface area contributed by atoms with Crippen molar-refractivity contribution in [1.29, 1.82) is 0 Å². The zero-order valence-electron chi connectivity index (χ0n) is 9.27.